The van der Waals surface area contributed by atoms with E-state index in [0.29, 0.717) is 5.92 Å². The number of hydrogen-bond acceptors (Lipinski definition) is 3. The van der Waals surface area contributed by atoms with E-state index < -0.39 is 0 Å². The summed E-state index contributed by atoms with van der Waals surface area (Å²) in [6.07, 6.45) is 6.13. The van der Waals surface area contributed by atoms with E-state index in [1.165, 1.54) is 16.6 Å². The Morgan fingerprint density at radius 1 is 1.25 bits per heavy atom. The van der Waals surface area contributed by atoms with Crippen molar-refractivity contribution in [3.8, 4) is 0 Å². The van der Waals surface area contributed by atoms with E-state index in [1.54, 1.807) is 0 Å². The van der Waals surface area contributed by atoms with E-state index >= 15 is 0 Å². The SMILES string of the molecule is O[C@H]1CN2CC[C@@H]1C/C2=C\c1ccnc2ccccc12. The molecule has 0 saturated carbocycles. The Morgan fingerprint density at radius 3 is 2.95 bits per heavy atom. The van der Waals surface area contributed by atoms with Crippen molar-refractivity contribution in [2.45, 2.75) is 18.9 Å². The summed E-state index contributed by atoms with van der Waals surface area (Å²) in [5.41, 5.74) is 3.63. The molecule has 0 aliphatic carbocycles. The number of nitrogens with zero attached hydrogens (tertiary/aromatic N) is 2. The van der Waals surface area contributed by atoms with Crippen LogP contribution in [0.1, 0.15) is 18.4 Å². The van der Waals surface area contributed by atoms with E-state index in [-0.39, 0.29) is 6.10 Å². The van der Waals surface area contributed by atoms with Gasteiger partial charge in [0.1, 0.15) is 0 Å². The molecule has 1 N–H and O–H groups in total. The Labute approximate surface area is 118 Å². The Kier molecular flexibility index (Phi) is 2.74. The van der Waals surface area contributed by atoms with Crippen molar-refractivity contribution < 1.29 is 5.11 Å². The molecule has 1 aromatic carbocycles. The maximum atomic E-state index is 9.98. The highest BCUT2D eigenvalue weighted by Gasteiger charge is 2.35. The van der Waals surface area contributed by atoms with Crippen LogP contribution in [0.25, 0.3) is 17.0 Å². The summed E-state index contributed by atoms with van der Waals surface area (Å²) < 4.78 is 0. The molecular weight excluding hydrogens is 248 g/mol. The molecule has 2 bridgehead atoms. The van der Waals surface area contributed by atoms with E-state index in [0.717, 1.165) is 31.4 Å². The lowest BCUT2D eigenvalue weighted by Gasteiger charge is -2.45. The molecule has 2 aromatic rings. The molecule has 3 nitrogen and oxygen atoms in total. The van der Waals surface area contributed by atoms with Gasteiger partial charge in [-0.05, 0) is 42.5 Å². The van der Waals surface area contributed by atoms with Crippen molar-refractivity contribution in [1.29, 1.82) is 0 Å². The minimum atomic E-state index is -0.143. The van der Waals surface area contributed by atoms with Crippen molar-refractivity contribution in [2.24, 2.45) is 5.92 Å². The van der Waals surface area contributed by atoms with Crippen LogP contribution in [0.5, 0.6) is 0 Å². The summed E-state index contributed by atoms with van der Waals surface area (Å²) in [6.45, 7) is 1.87. The van der Waals surface area contributed by atoms with Crippen molar-refractivity contribution >= 4 is 17.0 Å². The van der Waals surface area contributed by atoms with Crippen molar-refractivity contribution in [3.63, 3.8) is 0 Å². The first kappa shape index (κ1) is 11.9. The number of hydrogen-bond donors (Lipinski definition) is 1. The van der Waals surface area contributed by atoms with E-state index in [1.807, 2.05) is 12.3 Å². The quantitative estimate of drug-likeness (QED) is 0.862. The normalized spacial score (nSPS) is 27.4. The maximum absolute atomic E-state index is 9.98. The minimum absolute atomic E-state index is 0.143. The number of benzene rings is 1. The van der Waals surface area contributed by atoms with Crippen LogP contribution in [0.15, 0.2) is 42.2 Å². The molecule has 0 amide bonds. The monoisotopic (exact) mass is 266 g/mol. The van der Waals surface area contributed by atoms with E-state index in [4.69, 9.17) is 0 Å². The summed E-state index contributed by atoms with van der Waals surface area (Å²) in [4.78, 5) is 6.75. The van der Waals surface area contributed by atoms with Gasteiger partial charge in [0.05, 0.1) is 11.6 Å². The molecule has 0 spiro atoms. The average molecular weight is 266 g/mol. The third kappa shape index (κ3) is 1.90. The summed E-state index contributed by atoms with van der Waals surface area (Å²) in [5.74, 6) is 0.444. The second-order valence-corrected chi connectivity index (χ2v) is 5.82. The van der Waals surface area contributed by atoms with Crippen LogP contribution in [0.4, 0.5) is 0 Å². The third-order valence-corrected chi connectivity index (χ3v) is 4.60. The smallest absolute Gasteiger partial charge is 0.0747 e. The summed E-state index contributed by atoms with van der Waals surface area (Å²) >= 11 is 0. The van der Waals surface area contributed by atoms with Crippen LogP contribution < -0.4 is 0 Å². The molecule has 1 aromatic heterocycles. The summed E-state index contributed by atoms with van der Waals surface area (Å²) in [5, 5.41) is 11.2. The minimum Gasteiger partial charge on any atom is -0.391 e. The number of rotatable bonds is 1. The van der Waals surface area contributed by atoms with Crippen LogP contribution in [0.3, 0.4) is 0 Å². The second kappa shape index (κ2) is 4.60. The predicted octanol–water partition coefficient (Wildman–Crippen LogP) is 2.66. The lowest BCUT2D eigenvalue weighted by molar-refractivity contribution is 0.00257. The number of fused-ring (bicyclic) bond motifs is 4. The molecule has 3 saturated heterocycles. The van der Waals surface area contributed by atoms with Gasteiger partial charge in [0.25, 0.3) is 0 Å². The molecule has 3 fully saturated rings. The lowest BCUT2D eigenvalue weighted by atomic mass is 9.83. The molecule has 20 heavy (non-hydrogen) atoms. The summed E-state index contributed by atoms with van der Waals surface area (Å²) in [6, 6.07) is 10.3. The molecule has 0 unspecified atom stereocenters. The Balaban J connectivity index is 1.76. The Hall–Kier alpha value is -1.87. The molecule has 3 aliphatic rings. The zero-order valence-electron chi connectivity index (χ0n) is 11.4. The van der Waals surface area contributed by atoms with Gasteiger partial charge in [-0.25, -0.2) is 0 Å². The Bertz CT molecular complexity index is 674. The molecule has 0 radical (unpaired) electrons. The van der Waals surface area contributed by atoms with Gasteiger partial charge in [-0.2, -0.15) is 0 Å². The van der Waals surface area contributed by atoms with E-state index in [9.17, 15) is 5.11 Å². The second-order valence-electron chi connectivity index (χ2n) is 5.82. The molecule has 102 valence electrons. The first-order chi connectivity index (χ1) is 9.81. The fraction of sp³-hybridized carbons (Fsp3) is 0.353. The number of pyridine rings is 1. The Morgan fingerprint density at radius 2 is 2.15 bits per heavy atom. The highest BCUT2D eigenvalue weighted by atomic mass is 16.3. The van der Waals surface area contributed by atoms with E-state index in [2.05, 4.69) is 40.2 Å². The summed E-state index contributed by atoms with van der Waals surface area (Å²) in [7, 11) is 0. The van der Waals surface area contributed by atoms with Crippen LogP contribution >= 0.6 is 0 Å². The van der Waals surface area contributed by atoms with Gasteiger partial charge in [-0.1, -0.05) is 18.2 Å². The first-order valence-electron chi connectivity index (χ1n) is 7.28. The fourth-order valence-corrected chi connectivity index (χ4v) is 3.45. The van der Waals surface area contributed by atoms with Gasteiger partial charge in [-0.3, -0.25) is 4.98 Å². The number of para-hydroxylation sites is 1. The number of aromatic nitrogens is 1. The molecule has 5 rings (SSSR count). The zero-order valence-corrected chi connectivity index (χ0v) is 11.4. The van der Waals surface area contributed by atoms with Crippen molar-refractivity contribution in [2.75, 3.05) is 13.1 Å². The molecule has 3 aliphatic heterocycles. The van der Waals surface area contributed by atoms with Crippen molar-refractivity contribution in [3.05, 3.63) is 47.8 Å². The number of aliphatic hydroxyl groups excluding tert-OH is 1. The number of allylic oxidation sites excluding steroid dienone is 1. The van der Waals surface area contributed by atoms with Gasteiger partial charge < -0.3 is 10.0 Å². The average Bonchev–Trinajstić information content (AvgIpc) is 2.49. The first-order valence-corrected chi connectivity index (χ1v) is 7.28. The van der Waals surface area contributed by atoms with Crippen LogP contribution in [-0.2, 0) is 0 Å². The predicted molar refractivity (Wildman–Crippen MR) is 80.0 cm³/mol. The van der Waals surface area contributed by atoms with Gasteiger partial charge >= 0.3 is 0 Å². The third-order valence-electron chi connectivity index (χ3n) is 4.60. The standard InChI is InChI=1S/C17H18N2O/c20-17-11-19-8-6-13(17)10-14(19)9-12-5-7-18-16-4-2-1-3-15(12)16/h1-5,7,9,13,17,20H,6,8,10-11H2/b14-9+/t13-,17+/m1/s1. The topological polar surface area (TPSA) is 36.4 Å². The molecule has 4 heterocycles. The maximum Gasteiger partial charge on any atom is 0.0747 e. The van der Waals surface area contributed by atoms with Gasteiger partial charge in [0.2, 0.25) is 0 Å². The van der Waals surface area contributed by atoms with Crippen LogP contribution in [0.2, 0.25) is 0 Å². The van der Waals surface area contributed by atoms with Crippen molar-refractivity contribution in [1.82, 2.24) is 9.88 Å². The molecule has 3 heteroatoms. The molecule has 2 atom stereocenters. The number of piperidine rings is 3. The largest absolute Gasteiger partial charge is 0.391 e. The van der Waals surface area contributed by atoms with Gasteiger partial charge in [-0.15, -0.1) is 0 Å². The lowest BCUT2D eigenvalue weighted by Crippen LogP contribution is -2.48. The fourth-order valence-electron chi connectivity index (χ4n) is 3.45. The molecular formula is C17H18N2O. The highest BCUT2D eigenvalue weighted by molar-refractivity contribution is 5.87. The highest BCUT2D eigenvalue weighted by Crippen LogP contribution is 2.36. The zero-order chi connectivity index (χ0) is 13.5. The van der Waals surface area contributed by atoms with Gasteiger partial charge in [0, 0.05) is 30.4 Å². The number of aliphatic hydroxyl groups is 1. The van der Waals surface area contributed by atoms with Gasteiger partial charge in [0.15, 0.2) is 0 Å². The van der Waals surface area contributed by atoms with Crippen LogP contribution in [-0.4, -0.2) is 34.2 Å². The van der Waals surface area contributed by atoms with Crippen LogP contribution in [0, 0.1) is 5.92 Å².